The maximum absolute atomic E-state index is 13.7. The van der Waals surface area contributed by atoms with E-state index in [2.05, 4.69) is 4.74 Å². The van der Waals surface area contributed by atoms with E-state index < -0.39 is 45.0 Å². The van der Waals surface area contributed by atoms with Crippen LogP contribution >= 0.6 is 0 Å². The number of halogens is 3. The standard InChI is InChI=1S/C13H14F3NO5S/c14-10-6-9(3-4-11(10)22-13(15)16)23(20,21)17-5-1-2-8(7-17)12(18)19/h3-4,6,8,13H,1-2,5,7H2,(H,18,19). The first-order valence-corrected chi connectivity index (χ1v) is 8.13. The second-order valence-electron chi connectivity index (χ2n) is 5.01. The molecule has 1 unspecified atom stereocenters. The highest BCUT2D eigenvalue weighted by Crippen LogP contribution is 2.27. The number of carbonyl (C=O) groups is 1. The summed E-state index contributed by atoms with van der Waals surface area (Å²) in [6.07, 6.45) is 0.724. The number of alkyl halides is 2. The summed E-state index contributed by atoms with van der Waals surface area (Å²) < 4.78 is 67.5. The van der Waals surface area contributed by atoms with Crippen molar-refractivity contribution in [2.45, 2.75) is 24.3 Å². The molecule has 1 aliphatic heterocycles. The second kappa shape index (κ2) is 6.75. The zero-order chi connectivity index (χ0) is 17.2. The molecule has 1 aromatic carbocycles. The molecular formula is C13H14F3NO5S. The lowest BCUT2D eigenvalue weighted by Crippen LogP contribution is -2.42. The van der Waals surface area contributed by atoms with Gasteiger partial charge in [-0.2, -0.15) is 13.1 Å². The zero-order valence-corrected chi connectivity index (χ0v) is 12.6. The summed E-state index contributed by atoms with van der Waals surface area (Å²) >= 11 is 0. The summed E-state index contributed by atoms with van der Waals surface area (Å²) in [4.78, 5) is 10.6. The first-order chi connectivity index (χ1) is 10.7. The van der Waals surface area contributed by atoms with Gasteiger partial charge in [0.15, 0.2) is 11.6 Å². The van der Waals surface area contributed by atoms with Crippen LogP contribution in [-0.4, -0.2) is 43.5 Å². The summed E-state index contributed by atoms with van der Waals surface area (Å²) in [7, 11) is -4.11. The van der Waals surface area contributed by atoms with E-state index in [-0.39, 0.29) is 13.1 Å². The molecular weight excluding hydrogens is 339 g/mol. The molecule has 1 N–H and O–H groups in total. The second-order valence-corrected chi connectivity index (χ2v) is 6.95. The Bertz CT molecular complexity index is 695. The van der Waals surface area contributed by atoms with Crippen molar-refractivity contribution in [3.8, 4) is 5.75 Å². The average molecular weight is 353 g/mol. The maximum Gasteiger partial charge on any atom is 0.387 e. The van der Waals surface area contributed by atoms with Gasteiger partial charge in [0.1, 0.15) is 0 Å². The normalized spacial score (nSPS) is 19.7. The monoisotopic (exact) mass is 353 g/mol. The van der Waals surface area contributed by atoms with E-state index in [4.69, 9.17) is 5.11 Å². The predicted octanol–water partition coefficient (Wildman–Crippen LogP) is 1.91. The van der Waals surface area contributed by atoms with Gasteiger partial charge in [0.05, 0.1) is 10.8 Å². The van der Waals surface area contributed by atoms with Crippen LogP contribution in [0.3, 0.4) is 0 Å². The molecule has 6 nitrogen and oxygen atoms in total. The minimum absolute atomic E-state index is 0.114. The molecule has 1 atom stereocenters. The van der Waals surface area contributed by atoms with Crippen molar-refractivity contribution < 1.29 is 36.2 Å². The molecule has 10 heteroatoms. The molecule has 128 valence electrons. The molecule has 1 aromatic rings. The Morgan fingerprint density at radius 2 is 2.09 bits per heavy atom. The Labute approximate surface area is 130 Å². The number of ether oxygens (including phenoxy) is 1. The molecule has 0 bridgehead atoms. The van der Waals surface area contributed by atoms with E-state index in [0.717, 1.165) is 16.4 Å². The van der Waals surface area contributed by atoms with Crippen molar-refractivity contribution >= 4 is 16.0 Å². The number of nitrogens with zero attached hydrogens (tertiary/aromatic N) is 1. The lowest BCUT2D eigenvalue weighted by Gasteiger charge is -2.29. The molecule has 2 rings (SSSR count). The summed E-state index contributed by atoms with van der Waals surface area (Å²) in [6, 6.07) is 2.32. The quantitative estimate of drug-likeness (QED) is 0.874. The lowest BCUT2D eigenvalue weighted by atomic mass is 10.0. The molecule has 0 amide bonds. The topological polar surface area (TPSA) is 83.9 Å². The molecule has 1 fully saturated rings. The predicted molar refractivity (Wildman–Crippen MR) is 72.2 cm³/mol. The van der Waals surface area contributed by atoms with Crippen LogP contribution in [0.2, 0.25) is 0 Å². The fourth-order valence-electron chi connectivity index (χ4n) is 2.34. The third-order valence-corrected chi connectivity index (χ3v) is 5.35. The van der Waals surface area contributed by atoms with Crippen molar-refractivity contribution in [1.82, 2.24) is 4.31 Å². The van der Waals surface area contributed by atoms with Crippen molar-refractivity contribution in [3.05, 3.63) is 24.0 Å². The minimum Gasteiger partial charge on any atom is -0.481 e. The molecule has 0 aromatic heterocycles. The number of carboxylic acids is 1. The van der Waals surface area contributed by atoms with Crippen LogP contribution in [0.5, 0.6) is 5.75 Å². The molecule has 0 spiro atoms. The molecule has 1 heterocycles. The number of benzene rings is 1. The molecule has 0 radical (unpaired) electrons. The van der Waals surface area contributed by atoms with Gasteiger partial charge >= 0.3 is 12.6 Å². The first kappa shape index (κ1) is 17.5. The highest BCUT2D eigenvalue weighted by molar-refractivity contribution is 7.89. The third-order valence-electron chi connectivity index (χ3n) is 3.49. The summed E-state index contributed by atoms with van der Waals surface area (Å²) in [5.41, 5.74) is 0. The Hall–Kier alpha value is -1.81. The summed E-state index contributed by atoms with van der Waals surface area (Å²) in [5, 5.41) is 8.99. The molecule has 1 aliphatic rings. The highest BCUT2D eigenvalue weighted by Gasteiger charge is 2.33. The van der Waals surface area contributed by atoms with Gasteiger partial charge < -0.3 is 9.84 Å². The van der Waals surface area contributed by atoms with Crippen LogP contribution in [0.4, 0.5) is 13.2 Å². The van der Waals surface area contributed by atoms with E-state index in [1.807, 2.05) is 0 Å². The van der Waals surface area contributed by atoms with Crippen LogP contribution in [0, 0.1) is 11.7 Å². The van der Waals surface area contributed by atoms with Crippen LogP contribution in [0.25, 0.3) is 0 Å². The van der Waals surface area contributed by atoms with E-state index in [1.54, 1.807) is 0 Å². The van der Waals surface area contributed by atoms with Crippen LogP contribution < -0.4 is 4.74 Å². The van der Waals surface area contributed by atoms with Gasteiger partial charge in [-0.15, -0.1) is 0 Å². The van der Waals surface area contributed by atoms with E-state index >= 15 is 0 Å². The number of carboxylic acid groups (broad SMARTS) is 1. The van der Waals surface area contributed by atoms with Crippen molar-refractivity contribution in [2.24, 2.45) is 5.92 Å². The van der Waals surface area contributed by atoms with Gasteiger partial charge in [-0.1, -0.05) is 0 Å². The Kier molecular flexibility index (Phi) is 5.15. The fourth-order valence-corrected chi connectivity index (χ4v) is 3.88. The Balaban J connectivity index is 2.25. The smallest absolute Gasteiger partial charge is 0.387 e. The number of aliphatic carboxylic acids is 1. The van der Waals surface area contributed by atoms with E-state index in [9.17, 15) is 26.4 Å². The van der Waals surface area contributed by atoms with Gasteiger partial charge in [0.25, 0.3) is 0 Å². The zero-order valence-electron chi connectivity index (χ0n) is 11.8. The number of rotatable bonds is 5. The van der Waals surface area contributed by atoms with Gasteiger partial charge in [-0.05, 0) is 31.0 Å². The van der Waals surface area contributed by atoms with Crippen molar-refractivity contribution in [2.75, 3.05) is 13.1 Å². The maximum atomic E-state index is 13.7. The largest absolute Gasteiger partial charge is 0.481 e. The highest BCUT2D eigenvalue weighted by atomic mass is 32.2. The SMILES string of the molecule is O=C(O)C1CCCN(S(=O)(=O)c2ccc(OC(F)F)c(F)c2)C1. The number of piperidine rings is 1. The van der Waals surface area contributed by atoms with E-state index in [0.29, 0.717) is 18.9 Å². The molecule has 1 saturated heterocycles. The summed E-state index contributed by atoms with van der Waals surface area (Å²) in [6.45, 7) is -3.33. The number of hydrogen-bond donors (Lipinski definition) is 1. The van der Waals surface area contributed by atoms with Gasteiger partial charge in [0.2, 0.25) is 10.0 Å². The molecule has 0 aliphatic carbocycles. The fraction of sp³-hybridized carbons (Fsp3) is 0.462. The van der Waals surface area contributed by atoms with Crippen LogP contribution in [-0.2, 0) is 14.8 Å². The Morgan fingerprint density at radius 3 is 2.65 bits per heavy atom. The molecule has 23 heavy (non-hydrogen) atoms. The van der Waals surface area contributed by atoms with Crippen molar-refractivity contribution in [1.29, 1.82) is 0 Å². The van der Waals surface area contributed by atoms with Gasteiger partial charge in [-0.3, -0.25) is 4.79 Å². The average Bonchev–Trinajstić information content (AvgIpc) is 2.49. The molecule has 0 saturated carbocycles. The van der Waals surface area contributed by atoms with Crippen LogP contribution in [0.15, 0.2) is 23.1 Å². The lowest BCUT2D eigenvalue weighted by molar-refractivity contribution is -0.142. The number of sulfonamides is 1. The van der Waals surface area contributed by atoms with E-state index in [1.165, 1.54) is 0 Å². The van der Waals surface area contributed by atoms with Gasteiger partial charge in [-0.25, -0.2) is 12.8 Å². The Morgan fingerprint density at radius 1 is 1.39 bits per heavy atom. The number of hydrogen-bond acceptors (Lipinski definition) is 4. The van der Waals surface area contributed by atoms with Crippen LogP contribution in [0.1, 0.15) is 12.8 Å². The summed E-state index contributed by atoms with van der Waals surface area (Å²) in [5.74, 6) is -3.93. The van der Waals surface area contributed by atoms with Crippen molar-refractivity contribution in [3.63, 3.8) is 0 Å². The van der Waals surface area contributed by atoms with Gasteiger partial charge in [0, 0.05) is 13.1 Å². The third kappa shape index (κ3) is 3.94. The minimum atomic E-state index is -4.11. The first-order valence-electron chi connectivity index (χ1n) is 6.69.